The largest absolute Gasteiger partial charge is 0.504 e. The summed E-state index contributed by atoms with van der Waals surface area (Å²) in [5.74, 6) is -6.21. The van der Waals surface area contributed by atoms with Gasteiger partial charge >= 0.3 is 12.1 Å². The quantitative estimate of drug-likeness (QED) is 0.596. The number of phenolic OH excluding ortho intramolecular Hbond substituents is 1. The molecule has 2 aliphatic heterocycles. The van der Waals surface area contributed by atoms with Gasteiger partial charge in [0.1, 0.15) is 5.54 Å². The summed E-state index contributed by atoms with van der Waals surface area (Å²) < 4.78 is 44.7. The molecular formula is C22H19F3N2O6. The second-order valence-corrected chi connectivity index (χ2v) is 8.09. The van der Waals surface area contributed by atoms with E-state index in [1.54, 1.807) is 0 Å². The van der Waals surface area contributed by atoms with Gasteiger partial charge in [0, 0.05) is 11.6 Å². The third kappa shape index (κ3) is 3.30. The number of nitrogens with one attached hydrogen (secondary N) is 1. The van der Waals surface area contributed by atoms with Crippen molar-refractivity contribution in [1.82, 2.24) is 5.32 Å². The summed E-state index contributed by atoms with van der Waals surface area (Å²) in [6.07, 6.45) is -4.70. The minimum Gasteiger partial charge on any atom is -0.504 e. The summed E-state index contributed by atoms with van der Waals surface area (Å²) in [7, 11) is 1.31. The van der Waals surface area contributed by atoms with Crippen molar-refractivity contribution in [2.24, 2.45) is 11.8 Å². The first-order valence-corrected chi connectivity index (χ1v) is 9.84. The molecule has 2 heterocycles. The van der Waals surface area contributed by atoms with Gasteiger partial charge in [-0.1, -0.05) is 18.2 Å². The number of fused-ring (bicyclic) bond motifs is 1. The van der Waals surface area contributed by atoms with Gasteiger partial charge in [0.25, 0.3) is 0 Å². The lowest BCUT2D eigenvalue weighted by atomic mass is 9.80. The molecule has 33 heavy (non-hydrogen) atoms. The number of ether oxygens (including phenoxy) is 1. The third-order valence-corrected chi connectivity index (χ3v) is 6.25. The lowest BCUT2D eigenvalue weighted by Gasteiger charge is -2.27. The topological polar surface area (TPSA) is 116 Å². The molecule has 2 aromatic rings. The molecule has 0 radical (unpaired) electrons. The van der Waals surface area contributed by atoms with Crippen LogP contribution in [0, 0.1) is 11.8 Å². The van der Waals surface area contributed by atoms with Crippen molar-refractivity contribution in [1.29, 1.82) is 0 Å². The molecule has 2 fully saturated rings. The lowest BCUT2D eigenvalue weighted by Crippen LogP contribution is -2.53. The van der Waals surface area contributed by atoms with Crippen LogP contribution in [0.15, 0.2) is 42.5 Å². The van der Waals surface area contributed by atoms with Crippen LogP contribution < -0.4 is 15.0 Å². The number of carbonyl (C=O) groups excluding carboxylic acids is 2. The van der Waals surface area contributed by atoms with Gasteiger partial charge in [-0.15, -0.1) is 0 Å². The van der Waals surface area contributed by atoms with E-state index in [-0.39, 0.29) is 22.7 Å². The van der Waals surface area contributed by atoms with E-state index < -0.39 is 52.9 Å². The number of methoxy groups -OCH3 is 1. The van der Waals surface area contributed by atoms with Crippen LogP contribution in [0.2, 0.25) is 0 Å². The van der Waals surface area contributed by atoms with Gasteiger partial charge < -0.3 is 14.9 Å². The molecule has 4 atom stereocenters. The number of imide groups is 1. The molecule has 174 valence electrons. The molecular weight excluding hydrogens is 445 g/mol. The fourth-order valence-electron chi connectivity index (χ4n) is 4.63. The number of rotatable bonds is 4. The number of phenols is 1. The number of carboxylic acids is 1. The predicted molar refractivity (Wildman–Crippen MR) is 107 cm³/mol. The van der Waals surface area contributed by atoms with Gasteiger partial charge in [-0.3, -0.25) is 19.7 Å². The maximum atomic E-state index is 13.4. The summed E-state index contributed by atoms with van der Waals surface area (Å²) in [5, 5.41) is 23.3. The molecule has 0 bridgehead atoms. The fraction of sp³-hybridized carbons (Fsp3) is 0.318. The minimum atomic E-state index is -4.70. The summed E-state index contributed by atoms with van der Waals surface area (Å²) in [6.45, 7) is 1.23. The highest BCUT2D eigenvalue weighted by Crippen LogP contribution is 2.52. The van der Waals surface area contributed by atoms with Gasteiger partial charge in [-0.05, 0) is 31.2 Å². The number of anilines is 1. The first-order chi connectivity index (χ1) is 15.4. The number of nitrogens with zero attached hydrogens (tertiary/aromatic N) is 1. The first-order valence-electron chi connectivity index (χ1n) is 9.84. The molecule has 0 unspecified atom stereocenters. The summed E-state index contributed by atoms with van der Waals surface area (Å²) in [5.41, 5.74) is -3.16. The number of hydrogen-bond donors (Lipinski definition) is 3. The number of amides is 2. The number of carbonyl (C=O) groups is 3. The number of hydrogen-bond acceptors (Lipinski definition) is 6. The van der Waals surface area contributed by atoms with Crippen LogP contribution in [0.25, 0.3) is 0 Å². The van der Waals surface area contributed by atoms with E-state index >= 15 is 0 Å². The average Bonchev–Trinajstić information content (AvgIpc) is 3.21. The lowest BCUT2D eigenvalue weighted by molar-refractivity contribution is -0.147. The molecule has 0 saturated carbocycles. The van der Waals surface area contributed by atoms with Crippen molar-refractivity contribution in [3.05, 3.63) is 53.6 Å². The van der Waals surface area contributed by atoms with Crippen LogP contribution in [-0.4, -0.2) is 40.6 Å². The van der Waals surface area contributed by atoms with Gasteiger partial charge in [0.2, 0.25) is 11.8 Å². The van der Waals surface area contributed by atoms with Gasteiger partial charge in [-0.2, -0.15) is 13.2 Å². The van der Waals surface area contributed by atoms with Crippen molar-refractivity contribution >= 4 is 23.5 Å². The molecule has 3 N–H and O–H groups in total. The number of aliphatic carboxylic acids is 1. The fourth-order valence-corrected chi connectivity index (χ4v) is 4.63. The monoisotopic (exact) mass is 464 g/mol. The Morgan fingerprint density at radius 1 is 1.15 bits per heavy atom. The number of para-hydroxylation sites is 1. The smallest absolute Gasteiger partial charge is 0.416 e. The SMILES string of the molecule is COc1cccc([C@@H]2N[C@](C)(C(=O)O)[C@@H]3C(=O)N(c4cccc(C(F)(F)F)c4)C(=O)[C@@H]32)c1O. The number of aromatic hydroxyl groups is 1. The van der Waals surface area contributed by atoms with Crippen LogP contribution >= 0.6 is 0 Å². The van der Waals surface area contributed by atoms with E-state index in [4.69, 9.17) is 4.74 Å². The molecule has 2 saturated heterocycles. The van der Waals surface area contributed by atoms with Gasteiger partial charge in [0.05, 0.1) is 30.2 Å². The summed E-state index contributed by atoms with van der Waals surface area (Å²) >= 11 is 0. The van der Waals surface area contributed by atoms with E-state index in [1.807, 2.05) is 0 Å². The molecule has 8 nitrogen and oxygen atoms in total. The molecule has 2 amide bonds. The zero-order valence-corrected chi connectivity index (χ0v) is 17.4. The van der Waals surface area contributed by atoms with E-state index in [1.165, 1.54) is 38.3 Å². The van der Waals surface area contributed by atoms with Crippen LogP contribution in [0.4, 0.5) is 18.9 Å². The summed E-state index contributed by atoms with van der Waals surface area (Å²) in [4.78, 5) is 39.4. The predicted octanol–water partition coefficient (Wildman–Crippen LogP) is 2.71. The highest BCUT2D eigenvalue weighted by atomic mass is 19.4. The van der Waals surface area contributed by atoms with Crippen molar-refractivity contribution in [2.45, 2.75) is 24.7 Å². The van der Waals surface area contributed by atoms with Crippen LogP contribution in [0.3, 0.4) is 0 Å². The Bertz CT molecular complexity index is 1170. The molecule has 2 aromatic carbocycles. The molecule has 0 spiro atoms. The zero-order chi connectivity index (χ0) is 24.3. The Morgan fingerprint density at radius 3 is 2.42 bits per heavy atom. The van der Waals surface area contributed by atoms with E-state index in [2.05, 4.69) is 5.32 Å². The Balaban J connectivity index is 1.84. The first kappa shape index (κ1) is 22.6. The number of carboxylic acid groups (broad SMARTS) is 1. The highest BCUT2D eigenvalue weighted by Gasteiger charge is 2.67. The van der Waals surface area contributed by atoms with Crippen LogP contribution in [-0.2, 0) is 20.6 Å². The maximum absolute atomic E-state index is 13.4. The summed E-state index contributed by atoms with van der Waals surface area (Å²) in [6, 6.07) is 7.02. The Labute approximate surface area is 185 Å². The second-order valence-electron chi connectivity index (χ2n) is 8.09. The third-order valence-electron chi connectivity index (χ3n) is 6.25. The van der Waals surface area contributed by atoms with Crippen LogP contribution in [0.1, 0.15) is 24.1 Å². The molecule has 4 rings (SSSR count). The van der Waals surface area contributed by atoms with E-state index in [0.29, 0.717) is 11.0 Å². The van der Waals surface area contributed by atoms with E-state index in [0.717, 1.165) is 12.1 Å². The molecule has 0 aliphatic carbocycles. The second kappa shape index (κ2) is 7.48. The van der Waals surface area contributed by atoms with Crippen molar-refractivity contribution in [3.8, 4) is 11.5 Å². The van der Waals surface area contributed by atoms with Gasteiger partial charge in [0.15, 0.2) is 11.5 Å². The van der Waals surface area contributed by atoms with Gasteiger partial charge in [-0.25, -0.2) is 4.90 Å². The molecule has 11 heteroatoms. The Morgan fingerprint density at radius 2 is 1.82 bits per heavy atom. The average molecular weight is 464 g/mol. The van der Waals surface area contributed by atoms with Crippen molar-refractivity contribution < 1.29 is 42.5 Å². The Kier molecular flexibility index (Phi) is 5.12. The molecule has 2 aliphatic rings. The number of halogens is 3. The van der Waals surface area contributed by atoms with E-state index in [9.17, 15) is 37.8 Å². The normalized spacial score (nSPS) is 27.1. The van der Waals surface area contributed by atoms with Crippen molar-refractivity contribution in [3.63, 3.8) is 0 Å². The standard InChI is InChI=1S/C22H19F3N2O6/c1-21(20(31)32)15-14(16(26-21)12-7-4-8-13(33-2)17(12)28)18(29)27(19(15)30)11-6-3-5-10(9-11)22(23,24)25/h3-9,14-16,26,28H,1-2H3,(H,31,32)/t14-,15-,16-,21-/m0/s1. The molecule has 0 aromatic heterocycles. The zero-order valence-electron chi connectivity index (χ0n) is 17.4. The Hall–Kier alpha value is -3.60. The number of alkyl halides is 3. The number of benzene rings is 2. The maximum Gasteiger partial charge on any atom is 0.416 e. The van der Waals surface area contributed by atoms with Crippen LogP contribution in [0.5, 0.6) is 11.5 Å². The highest BCUT2D eigenvalue weighted by molar-refractivity contribution is 6.24. The minimum absolute atomic E-state index is 0.0706. The van der Waals surface area contributed by atoms with Crippen molar-refractivity contribution in [2.75, 3.05) is 12.0 Å².